The number of hydrogen-bond donors (Lipinski definition) is 2. The van der Waals surface area contributed by atoms with Crippen LogP contribution in [0.15, 0.2) is 54.6 Å². The SMILES string of the molecule is CC[C@@H](CO)N1CCN([C@H](C(=O)Nc2ccc(F)cc2)c2ccccc2)CC1. The molecule has 1 aliphatic rings. The maximum absolute atomic E-state index is 13.2. The lowest BCUT2D eigenvalue weighted by Gasteiger charge is -2.41. The zero-order chi connectivity index (χ0) is 19.9. The minimum absolute atomic E-state index is 0.125. The number of halogens is 1. The van der Waals surface area contributed by atoms with E-state index in [4.69, 9.17) is 0 Å². The number of benzene rings is 2. The standard InChI is InChI=1S/C22H28FN3O2/c1-2-20(16-27)25-12-14-26(15-13-25)21(17-6-4-3-5-7-17)22(28)24-19-10-8-18(23)9-11-19/h3-11,20-21,27H,2,12-16H2,1H3,(H,24,28)/t20-,21-/m0/s1. The molecule has 2 aromatic rings. The highest BCUT2D eigenvalue weighted by Gasteiger charge is 2.31. The van der Waals surface area contributed by atoms with Crippen LogP contribution >= 0.6 is 0 Å². The Hall–Kier alpha value is -2.28. The van der Waals surface area contributed by atoms with E-state index in [1.54, 1.807) is 12.1 Å². The van der Waals surface area contributed by atoms with Crippen LogP contribution in [-0.2, 0) is 4.79 Å². The zero-order valence-corrected chi connectivity index (χ0v) is 16.2. The van der Waals surface area contributed by atoms with E-state index >= 15 is 0 Å². The van der Waals surface area contributed by atoms with Crippen molar-refractivity contribution in [1.82, 2.24) is 9.80 Å². The summed E-state index contributed by atoms with van der Waals surface area (Å²) < 4.78 is 13.2. The van der Waals surface area contributed by atoms with Crippen molar-refractivity contribution in [3.05, 3.63) is 66.0 Å². The number of aliphatic hydroxyl groups excluding tert-OH is 1. The number of aliphatic hydroxyl groups is 1. The largest absolute Gasteiger partial charge is 0.395 e. The van der Waals surface area contributed by atoms with Gasteiger partial charge in [0.2, 0.25) is 5.91 Å². The van der Waals surface area contributed by atoms with Crippen LogP contribution in [0.1, 0.15) is 24.9 Å². The maximum atomic E-state index is 13.2. The van der Waals surface area contributed by atoms with Crippen molar-refractivity contribution >= 4 is 11.6 Å². The minimum Gasteiger partial charge on any atom is -0.395 e. The number of hydrogen-bond acceptors (Lipinski definition) is 4. The van der Waals surface area contributed by atoms with Gasteiger partial charge in [-0.3, -0.25) is 14.6 Å². The molecule has 28 heavy (non-hydrogen) atoms. The van der Waals surface area contributed by atoms with E-state index in [0.29, 0.717) is 5.69 Å². The number of nitrogens with one attached hydrogen (secondary N) is 1. The Morgan fingerprint density at radius 1 is 1.04 bits per heavy atom. The summed E-state index contributed by atoms with van der Waals surface area (Å²) >= 11 is 0. The number of amides is 1. The van der Waals surface area contributed by atoms with E-state index < -0.39 is 6.04 Å². The van der Waals surface area contributed by atoms with Gasteiger partial charge in [0, 0.05) is 37.9 Å². The molecule has 5 nitrogen and oxygen atoms in total. The van der Waals surface area contributed by atoms with Crippen molar-refractivity contribution in [2.45, 2.75) is 25.4 Å². The predicted molar refractivity (Wildman–Crippen MR) is 109 cm³/mol. The van der Waals surface area contributed by atoms with Crippen LogP contribution in [0.3, 0.4) is 0 Å². The topological polar surface area (TPSA) is 55.8 Å². The summed E-state index contributed by atoms with van der Waals surface area (Å²) in [5.41, 5.74) is 1.52. The Bertz CT molecular complexity index is 742. The smallest absolute Gasteiger partial charge is 0.246 e. The molecule has 6 heteroatoms. The molecule has 0 aromatic heterocycles. The second-order valence-electron chi connectivity index (χ2n) is 7.13. The first-order valence-corrected chi connectivity index (χ1v) is 9.82. The molecule has 2 atom stereocenters. The third kappa shape index (κ3) is 4.95. The van der Waals surface area contributed by atoms with E-state index in [0.717, 1.165) is 38.2 Å². The molecule has 1 heterocycles. The molecule has 1 aliphatic heterocycles. The summed E-state index contributed by atoms with van der Waals surface area (Å²) in [4.78, 5) is 17.6. The normalized spacial score (nSPS) is 17.8. The lowest BCUT2D eigenvalue weighted by atomic mass is 10.0. The van der Waals surface area contributed by atoms with Crippen LogP contribution in [0, 0.1) is 5.82 Å². The number of rotatable bonds is 7. The number of carbonyl (C=O) groups excluding carboxylic acids is 1. The highest BCUT2D eigenvalue weighted by atomic mass is 19.1. The lowest BCUT2D eigenvalue weighted by molar-refractivity contribution is -0.122. The molecular formula is C22H28FN3O2. The minimum atomic E-state index is -0.414. The fourth-order valence-corrected chi connectivity index (χ4v) is 3.77. The predicted octanol–water partition coefficient (Wildman–Crippen LogP) is 2.89. The van der Waals surface area contributed by atoms with Crippen LogP contribution in [0.25, 0.3) is 0 Å². The van der Waals surface area contributed by atoms with Gasteiger partial charge in [0.15, 0.2) is 0 Å². The van der Waals surface area contributed by atoms with Crippen LogP contribution < -0.4 is 5.32 Å². The fraction of sp³-hybridized carbons (Fsp3) is 0.409. The summed E-state index contributed by atoms with van der Waals surface area (Å²) in [5, 5.41) is 12.5. The van der Waals surface area contributed by atoms with E-state index in [1.165, 1.54) is 12.1 Å². The molecule has 0 saturated carbocycles. The van der Waals surface area contributed by atoms with Gasteiger partial charge >= 0.3 is 0 Å². The third-order valence-electron chi connectivity index (χ3n) is 5.39. The molecule has 3 rings (SSSR count). The molecule has 2 aromatic carbocycles. The number of carbonyl (C=O) groups is 1. The first-order valence-electron chi connectivity index (χ1n) is 9.82. The van der Waals surface area contributed by atoms with Crippen molar-refractivity contribution in [1.29, 1.82) is 0 Å². The van der Waals surface area contributed by atoms with Gasteiger partial charge in [-0.2, -0.15) is 0 Å². The lowest BCUT2D eigenvalue weighted by Crippen LogP contribution is -2.53. The van der Waals surface area contributed by atoms with E-state index in [-0.39, 0.29) is 24.4 Å². The van der Waals surface area contributed by atoms with Gasteiger partial charge < -0.3 is 10.4 Å². The summed E-state index contributed by atoms with van der Waals surface area (Å²) in [6.45, 7) is 5.35. The van der Waals surface area contributed by atoms with E-state index in [2.05, 4.69) is 22.0 Å². The molecule has 1 amide bonds. The molecule has 0 aliphatic carbocycles. The quantitative estimate of drug-likeness (QED) is 0.770. The molecule has 0 spiro atoms. The molecular weight excluding hydrogens is 357 g/mol. The van der Waals surface area contributed by atoms with Crippen molar-refractivity contribution < 1.29 is 14.3 Å². The third-order valence-corrected chi connectivity index (χ3v) is 5.39. The Morgan fingerprint density at radius 3 is 2.21 bits per heavy atom. The van der Waals surface area contributed by atoms with Gasteiger partial charge in [-0.15, -0.1) is 0 Å². The molecule has 0 radical (unpaired) electrons. The summed E-state index contributed by atoms with van der Waals surface area (Å²) in [5.74, 6) is -0.455. The zero-order valence-electron chi connectivity index (χ0n) is 16.2. The average molecular weight is 385 g/mol. The Balaban J connectivity index is 1.75. The summed E-state index contributed by atoms with van der Waals surface area (Å²) in [7, 11) is 0. The van der Waals surface area contributed by atoms with Crippen LogP contribution in [0.4, 0.5) is 10.1 Å². The average Bonchev–Trinajstić information content (AvgIpc) is 2.73. The van der Waals surface area contributed by atoms with Gasteiger partial charge in [-0.1, -0.05) is 37.3 Å². The van der Waals surface area contributed by atoms with Gasteiger partial charge in [0.25, 0.3) is 0 Å². The van der Waals surface area contributed by atoms with Crippen molar-refractivity contribution in [3.63, 3.8) is 0 Å². The number of nitrogens with zero attached hydrogens (tertiary/aromatic N) is 2. The van der Waals surface area contributed by atoms with Crippen LogP contribution in [0.5, 0.6) is 0 Å². The van der Waals surface area contributed by atoms with Crippen LogP contribution in [0.2, 0.25) is 0 Å². The van der Waals surface area contributed by atoms with Crippen LogP contribution in [-0.4, -0.2) is 59.6 Å². The Labute approximate surface area is 165 Å². The number of anilines is 1. The molecule has 0 unspecified atom stereocenters. The van der Waals surface area contributed by atoms with E-state index in [9.17, 15) is 14.3 Å². The molecule has 0 bridgehead atoms. The second-order valence-corrected chi connectivity index (χ2v) is 7.13. The van der Waals surface area contributed by atoms with E-state index in [1.807, 2.05) is 30.3 Å². The maximum Gasteiger partial charge on any atom is 0.246 e. The summed E-state index contributed by atoms with van der Waals surface area (Å²) in [6.07, 6.45) is 0.906. The van der Waals surface area contributed by atoms with Gasteiger partial charge in [0.05, 0.1) is 6.61 Å². The highest BCUT2D eigenvalue weighted by Crippen LogP contribution is 2.25. The monoisotopic (exact) mass is 385 g/mol. The Morgan fingerprint density at radius 2 is 1.64 bits per heavy atom. The van der Waals surface area contributed by atoms with Crippen molar-refractivity contribution in [3.8, 4) is 0 Å². The molecule has 1 fully saturated rings. The Kier molecular flexibility index (Phi) is 7.14. The first kappa shape index (κ1) is 20.5. The number of piperazine rings is 1. The second kappa shape index (κ2) is 9.78. The summed E-state index contributed by atoms with van der Waals surface area (Å²) in [6, 6.07) is 15.3. The fourth-order valence-electron chi connectivity index (χ4n) is 3.77. The molecule has 2 N–H and O–H groups in total. The first-order chi connectivity index (χ1) is 13.6. The highest BCUT2D eigenvalue weighted by molar-refractivity contribution is 5.95. The van der Waals surface area contributed by atoms with Crippen molar-refractivity contribution in [2.24, 2.45) is 0 Å². The van der Waals surface area contributed by atoms with Gasteiger partial charge in [-0.25, -0.2) is 4.39 Å². The van der Waals surface area contributed by atoms with Gasteiger partial charge in [0.1, 0.15) is 11.9 Å². The van der Waals surface area contributed by atoms with Gasteiger partial charge in [-0.05, 0) is 36.2 Å². The molecule has 1 saturated heterocycles. The molecule has 150 valence electrons. The van der Waals surface area contributed by atoms with Crippen molar-refractivity contribution in [2.75, 3.05) is 38.1 Å².